The molecule has 2 aromatic rings. The molecule has 0 aliphatic carbocycles. The highest BCUT2D eigenvalue weighted by atomic mass is 16.7. The van der Waals surface area contributed by atoms with Crippen LogP contribution in [0.15, 0.2) is 54.6 Å². The fourth-order valence-corrected chi connectivity index (χ4v) is 4.06. The highest BCUT2D eigenvalue weighted by Gasteiger charge is 2.21. The highest BCUT2D eigenvalue weighted by Crippen LogP contribution is 2.24. The highest BCUT2D eigenvalue weighted by molar-refractivity contribution is 5.94. The van der Waals surface area contributed by atoms with Gasteiger partial charge in [-0.05, 0) is 60.9 Å². The van der Waals surface area contributed by atoms with Gasteiger partial charge in [-0.1, -0.05) is 43.3 Å². The van der Waals surface area contributed by atoms with E-state index in [0.717, 1.165) is 23.3 Å². The van der Waals surface area contributed by atoms with Crippen molar-refractivity contribution < 1.29 is 38.3 Å². The maximum Gasteiger partial charge on any atom is 0.341 e. The Labute approximate surface area is 226 Å². The summed E-state index contributed by atoms with van der Waals surface area (Å²) in [5.74, 6) is 1.02. The third kappa shape index (κ3) is 10.5. The molecule has 0 fully saturated rings. The molecule has 3 atom stereocenters. The first kappa shape index (κ1) is 31.3. The van der Waals surface area contributed by atoms with Crippen molar-refractivity contribution in [2.75, 3.05) is 41.8 Å². The van der Waals surface area contributed by atoms with Crippen LogP contribution in [0.4, 0.5) is 0 Å². The molecule has 8 heteroatoms. The molecule has 0 heterocycles. The summed E-state index contributed by atoms with van der Waals surface area (Å²) in [6.07, 6.45) is 5.65. The standard InChI is InChI=1S/C30H42O8/c1-22(9-6-7-10-24-11-8-12-27(35-4)29(24)30(32)36-5)28(38-21-33-2)19-25(31)17-18-37-20-23-13-15-26(34-3)16-14-23/h6-8,11-16,22,25,28,31H,9-10,17-21H2,1-5H3/b7-6+/t22-,25+,28+/m0/s1. The summed E-state index contributed by atoms with van der Waals surface area (Å²) in [6.45, 7) is 3.17. The third-order valence-corrected chi connectivity index (χ3v) is 6.30. The smallest absolute Gasteiger partial charge is 0.341 e. The fraction of sp³-hybridized carbons (Fsp3) is 0.500. The van der Waals surface area contributed by atoms with Gasteiger partial charge in [0.25, 0.3) is 0 Å². The molecule has 2 rings (SSSR count). The number of aliphatic hydroxyl groups is 1. The van der Waals surface area contributed by atoms with Crippen LogP contribution in [0.3, 0.4) is 0 Å². The average molecular weight is 531 g/mol. The number of methoxy groups -OCH3 is 4. The zero-order valence-electron chi connectivity index (χ0n) is 23.2. The number of esters is 1. The Morgan fingerprint density at radius 3 is 2.42 bits per heavy atom. The lowest BCUT2D eigenvalue weighted by atomic mass is 9.94. The summed E-state index contributed by atoms with van der Waals surface area (Å²) in [5.41, 5.74) is 2.32. The minimum absolute atomic E-state index is 0.140. The zero-order valence-corrected chi connectivity index (χ0v) is 23.2. The quantitative estimate of drug-likeness (QED) is 0.125. The molecule has 0 aromatic heterocycles. The lowest BCUT2D eigenvalue weighted by Crippen LogP contribution is -2.28. The third-order valence-electron chi connectivity index (χ3n) is 6.30. The summed E-state index contributed by atoms with van der Waals surface area (Å²) in [5, 5.41) is 10.6. The van der Waals surface area contributed by atoms with Crippen molar-refractivity contribution in [1.82, 2.24) is 0 Å². The minimum atomic E-state index is -0.557. The minimum Gasteiger partial charge on any atom is -0.497 e. The first-order valence-electron chi connectivity index (χ1n) is 12.8. The molecule has 38 heavy (non-hydrogen) atoms. The summed E-state index contributed by atoms with van der Waals surface area (Å²) >= 11 is 0. The lowest BCUT2D eigenvalue weighted by molar-refractivity contribution is -0.103. The molecule has 210 valence electrons. The normalized spacial score (nSPS) is 13.7. The van der Waals surface area contributed by atoms with Gasteiger partial charge in [-0.2, -0.15) is 0 Å². The van der Waals surface area contributed by atoms with E-state index in [1.165, 1.54) is 14.2 Å². The van der Waals surface area contributed by atoms with Crippen LogP contribution in [-0.4, -0.2) is 65.1 Å². The molecular formula is C30H42O8. The van der Waals surface area contributed by atoms with Gasteiger partial charge in [-0.15, -0.1) is 0 Å². The first-order valence-corrected chi connectivity index (χ1v) is 12.8. The van der Waals surface area contributed by atoms with Crippen molar-refractivity contribution >= 4 is 5.97 Å². The number of benzene rings is 2. The van der Waals surface area contributed by atoms with Crippen LogP contribution >= 0.6 is 0 Å². The van der Waals surface area contributed by atoms with Crippen LogP contribution in [0.5, 0.6) is 11.5 Å². The molecule has 0 aliphatic heterocycles. The molecule has 8 nitrogen and oxygen atoms in total. The van der Waals surface area contributed by atoms with Gasteiger partial charge in [0.1, 0.15) is 23.9 Å². The van der Waals surface area contributed by atoms with Crippen molar-refractivity contribution in [1.29, 1.82) is 0 Å². The van der Waals surface area contributed by atoms with E-state index in [1.807, 2.05) is 42.5 Å². The number of hydrogen-bond acceptors (Lipinski definition) is 8. The van der Waals surface area contributed by atoms with Gasteiger partial charge < -0.3 is 33.5 Å². The van der Waals surface area contributed by atoms with Crippen LogP contribution in [0.25, 0.3) is 0 Å². The number of carbonyl (C=O) groups excluding carboxylic acids is 1. The number of hydrogen-bond donors (Lipinski definition) is 1. The predicted octanol–water partition coefficient (Wildman–Crippen LogP) is 4.96. The maximum absolute atomic E-state index is 12.2. The Bertz CT molecular complexity index is 973. The van der Waals surface area contributed by atoms with Gasteiger partial charge in [0.15, 0.2) is 0 Å². The van der Waals surface area contributed by atoms with E-state index in [2.05, 4.69) is 13.0 Å². The van der Waals surface area contributed by atoms with E-state index >= 15 is 0 Å². The summed E-state index contributed by atoms with van der Waals surface area (Å²) in [4.78, 5) is 12.2. The monoisotopic (exact) mass is 530 g/mol. The van der Waals surface area contributed by atoms with Crippen LogP contribution in [-0.2, 0) is 32.0 Å². The molecule has 0 radical (unpaired) electrons. The van der Waals surface area contributed by atoms with E-state index in [9.17, 15) is 9.90 Å². The second kappa shape index (κ2) is 17.6. The largest absolute Gasteiger partial charge is 0.497 e. The Kier molecular flexibility index (Phi) is 14.5. The summed E-state index contributed by atoms with van der Waals surface area (Å²) < 4.78 is 32.2. The molecule has 0 saturated heterocycles. The van der Waals surface area contributed by atoms with Gasteiger partial charge >= 0.3 is 5.97 Å². The van der Waals surface area contributed by atoms with Crippen LogP contribution in [0.1, 0.15) is 47.7 Å². The molecule has 0 aliphatic rings. The number of allylic oxidation sites excluding steroid dienone is 2. The summed E-state index contributed by atoms with van der Waals surface area (Å²) in [7, 11) is 6.11. The van der Waals surface area contributed by atoms with Crippen molar-refractivity contribution in [2.45, 2.75) is 51.4 Å². The molecular weight excluding hydrogens is 488 g/mol. The van der Waals surface area contributed by atoms with Gasteiger partial charge in [0.2, 0.25) is 0 Å². The van der Waals surface area contributed by atoms with Crippen LogP contribution < -0.4 is 9.47 Å². The number of carbonyl (C=O) groups is 1. The molecule has 2 aromatic carbocycles. The Morgan fingerprint density at radius 1 is 1.00 bits per heavy atom. The maximum atomic E-state index is 12.2. The molecule has 1 N–H and O–H groups in total. The second-order valence-corrected chi connectivity index (χ2v) is 9.06. The van der Waals surface area contributed by atoms with Gasteiger partial charge in [0, 0.05) is 13.7 Å². The van der Waals surface area contributed by atoms with Crippen LogP contribution in [0.2, 0.25) is 0 Å². The number of aliphatic hydroxyl groups excluding tert-OH is 1. The first-order chi connectivity index (χ1) is 18.4. The zero-order chi connectivity index (χ0) is 27.8. The molecule has 0 saturated carbocycles. The Balaban J connectivity index is 1.84. The van der Waals surface area contributed by atoms with Crippen LogP contribution in [0, 0.1) is 5.92 Å². The molecule has 0 spiro atoms. The predicted molar refractivity (Wildman–Crippen MR) is 146 cm³/mol. The molecule has 0 unspecified atom stereocenters. The van der Waals surface area contributed by atoms with Crippen molar-refractivity contribution in [3.8, 4) is 11.5 Å². The SMILES string of the molecule is COCO[C@H](C[C@H](O)CCOCc1ccc(OC)cc1)[C@@H](C)C/C=C/Cc1cccc(OC)c1C(=O)OC. The van der Waals surface area contributed by atoms with Gasteiger partial charge in [0.05, 0.1) is 40.1 Å². The van der Waals surface area contributed by atoms with E-state index in [0.29, 0.717) is 43.8 Å². The van der Waals surface area contributed by atoms with Crippen molar-refractivity contribution in [2.24, 2.45) is 5.92 Å². The van der Waals surface area contributed by atoms with E-state index in [1.54, 1.807) is 20.3 Å². The van der Waals surface area contributed by atoms with E-state index in [-0.39, 0.29) is 18.8 Å². The molecule has 0 bridgehead atoms. The Hall–Kier alpha value is -2.91. The van der Waals surface area contributed by atoms with E-state index in [4.69, 9.17) is 28.4 Å². The summed E-state index contributed by atoms with van der Waals surface area (Å²) in [6, 6.07) is 13.2. The van der Waals surface area contributed by atoms with Crippen molar-refractivity contribution in [3.05, 3.63) is 71.3 Å². The van der Waals surface area contributed by atoms with Gasteiger partial charge in [-0.25, -0.2) is 4.79 Å². The van der Waals surface area contributed by atoms with Crippen molar-refractivity contribution in [3.63, 3.8) is 0 Å². The average Bonchev–Trinajstić information content (AvgIpc) is 2.95. The van der Waals surface area contributed by atoms with E-state index < -0.39 is 12.1 Å². The number of rotatable bonds is 18. The lowest BCUT2D eigenvalue weighted by Gasteiger charge is -2.25. The topological polar surface area (TPSA) is 92.7 Å². The molecule has 0 amide bonds. The second-order valence-electron chi connectivity index (χ2n) is 9.06. The number of ether oxygens (including phenoxy) is 6. The fourth-order valence-electron chi connectivity index (χ4n) is 4.06. The Morgan fingerprint density at radius 2 is 1.76 bits per heavy atom. The van der Waals surface area contributed by atoms with Gasteiger partial charge in [-0.3, -0.25) is 0 Å².